The van der Waals surface area contributed by atoms with E-state index in [0.717, 1.165) is 0 Å². The number of carbonyl (C=O) groups is 1. The molecule has 1 aromatic rings. The summed E-state index contributed by atoms with van der Waals surface area (Å²) in [4.78, 5) is 13.5. The van der Waals surface area contributed by atoms with Crippen molar-refractivity contribution in [3.05, 3.63) is 29.8 Å². The first kappa shape index (κ1) is 21.7. The van der Waals surface area contributed by atoms with Gasteiger partial charge in [-0.25, -0.2) is 8.42 Å². The summed E-state index contributed by atoms with van der Waals surface area (Å²) in [5, 5.41) is 6.13. The Hall–Kier alpha value is -1.26. The summed E-state index contributed by atoms with van der Waals surface area (Å²) in [7, 11) is -1.30. The number of benzene rings is 1. The van der Waals surface area contributed by atoms with Gasteiger partial charge in [-0.2, -0.15) is 0 Å². The third kappa shape index (κ3) is 6.80. The van der Waals surface area contributed by atoms with Gasteiger partial charge in [-0.15, -0.1) is 5.11 Å². The van der Waals surface area contributed by atoms with Crippen molar-refractivity contribution in [3.8, 4) is 0 Å². The summed E-state index contributed by atoms with van der Waals surface area (Å²) in [6.45, 7) is 6.87. The number of rotatable bonds is 5. The molecule has 0 heterocycles. The number of amides is 1. The molecule has 23 heavy (non-hydrogen) atoms. The van der Waals surface area contributed by atoms with Gasteiger partial charge in [0.05, 0.1) is 17.1 Å². The van der Waals surface area contributed by atoms with Crippen molar-refractivity contribution in [3.63, 3.8) is 0 Å². The molecule has 1 N–H and O–H groups in total. The van der Waals surface area contributed by atoms with Crippen LogP contribution in [0.2, 0.25) is 0 Å². The van der Waals surface area contributed by atoms with Gasteiger partial charge in [-0.3, -0.25) is 4.79 Å². The molecule has 0 aliphatic carbocycles. The van der Waals surface area contributed by atoms with Crippen molar-refractivity contribution in [2.75, 3.05) is 24.3 Å². The molecule has 0 unspecified atom stereocenters. The summed E-state index contributed by atoms with van der Waals surface area (Å²) in [5.74, 6) is -0.331. The van der Waals surface area contributed by atoms with Gasteiger partial charge in [-0.1, -0.05) is 11.1 Å². The van der Waals surface area contributed by atoms with Crippen molar-refractivity contribution in [2.45, 2.75) is 13.8 Å². The fraction of sp³-hybridized carbons (Fsp3) is 0.308. The van der Waals surface area contributed by atoms with E-state index in [9.17, 15) is 17.8 Å². The second-order valence-electron chi connectivity index (χ2n) is 4.90. The fourth-order valence-electron chi connectivity index (χ4n) is 1.64. The zero-order chi connectivity index (χ0) is 17.1. The normalized spacial score (nSPS) is 11.0. The van der Waals surface area contributed by atoms with Gasteiger partial charge in [0.2, 0.25) is 10.3 Å². The van der Waals surface area contributed by atoms with Crippen molar-refractivity contribution in [1.29, 1.82) is 0 Å². The zero-order valence-electron chi connectivity index (χ0n) is 13.7. The Bertz CT molecular complexity index is 745. The van der Waals surface area contributed by atoms with E-state index >= 15 is 0 Å². The first-order chi connectivity index (χ1) is 10.0. The van der Waals surface area contributed by atoms with Crippen LogP contribution in [0.3, 0.4) is 0 Å². The molecule has 1 aromatic carbocycles. The van der Waals surface area contributed by atoms with Crippen LogP contribution < -0.4 is 39.8 Å². The Morgan fingerprint density at radius 1 is 1.35 bits per heavy atom. The molecule has 0 fully saturated rings. The van der Waals surface area contributed by atoms with Gasteiger partial charge >= 0.3 is 29.6 Å². The quantitative estimate of drug-likeness (QED) is 0.321. The largest absolute Gasteiger partial charge is 1.00 e. The van der Waals surface area contributed by atoms with Crippen LogP contribution in [0.5, 0.6) is 0 Å². The van der Waals surface area contributed by atoms with Crippen LogP contribution in [-0.2, 0) is 15.1 Å². The Morgan fingerprint density at radius 2 is 1.91 bits per heavy atom. The minimum absolute atomic E-state index is 0. The monoisotopic (exact) mass is 348 g/mol. The summed E-state index contributed by atoms with van der Waals surface area (Å²) in [6.07, 6.45) is 0. The number of hydrogen-bond donors (Lipinski definition) is 1. The molecule has 0 aliphatic heterocycles. The fourth-order valence-corrected chi connectivity index (χ4v) is 1.83. The third-order valence-corrected chi connectivity index (χ3v) is 2.95. The summed E-state index contributed by atoms with van der Waals surface area (Å²) >= 11 is 0. The summed E-state index contributed by atoms with van der Waals surface area (Å²) in [6, 6.07) is 3.02. The van der Waals surface area contributed by atoms with Gasteiger partial charge < -0.3 is 14.8 Å². The van der Waals surface area contributed by atoms with Gasteiger partial charge in [0.1, 0.15) is 0 Å². The van der Waals surface area contributed by atoms with Crippen LogP contribution in [0, 0.1) is 6.92 Å². The zero-order valence-corrected chi connectivity index (χ0v) is 16.6. The van der Waals surface area contributed by atoms with Gasteiger partial charge in [-0.05, 0) is 31.5 Å². The molecule has 10 heteroatoms. The number of hydrogen-bond acceptors (Lipinski definition) is 6. The van der Waals surface area contributed by atoms with Crippen molar-refractivity contribution < 1.29 is 47.3 Å². The summed E-state index contributed by atoms with van der Waals surface area (Å²) < 4.78 is 34.2. The molecule has 0 saturated heterocycles. The molecule has 8 nitrogen and oxygen atoms in total. The number of aryl methyl sites for hydroxylation is 1. The predicted molar refractivity (Wildman–Crippen MR) is 83.2 cm³/mol. The van der Waals surface area contributed by atoms with E-state index in [4.69, 9.17) is 0 Å². The average molecular weight is 348 g/mol. The van der Waals surface area contributed by atoms with Crippen molar-refractivity contribution in [2.24, 2.45) is 9.63 Å². The molecule has 1 amide bonds. The van der Waals surface area contributed by atoms with E-state index in [1.165, 1.54) is 12.1 Å². The number of nitrogens with zero attached hydrogens (tertiary/aromatic N) is 3. The molecule has 0 bridgehead atoms. The molecule has 0 aromatic heterocycles. The Labute approximate surface area is 157 Å². The molecule has 0 radical (unpaired) electrons. The number of nitrogens with one attached hydrogen (secondary N) is 1. The van der Waals surface area contributed by atoms with Crippen molar-refractivity contribution >= 4 is 33.3 Å². The molecule has 0 spiro atoms. The second-order valence-corrected chi connectivity index (χ2v) is 5.91. The van der Waals surface area contributed by atoms with E-state index in [-0.39, 0.29) is 41.2 Å². The van der Waals surface area contributed by atoms with E-state index < -0.39 is 10.3 Å². The van der Waals surface area contributed by atoms with E-state index in [1.54, 1.807) is 32.8 Å². The van der Waals surface area contributed by atoms with Crippen LogP contribution in [0.4, 0.5) is 17.1 Å². The molecular formula is C13H17N4NaO4S. The topological polar surface area (TPSA) is 114 Å². The van der Waals surface area contributed by atoms with Crippen molar-refractivity contribution in [1.82, 2.24) is 0 Å². The smallest absolute Gasteiger partial charge is 0.728 e. The maximum atomic E-state index is 11.8. The van der Waals surface area contributed by atoms with Crippen LogP contribution in [0.25, 0.3) is 0 Å². The molecule has 120 valence electrons. The third-order valence-electron chi connectivity index (χ3n) is 2.66. The van der Waals surface area contributed by atoms with Crippen LogP contribution in [-0.4, -0.2) is 33.0 Å². The maximum Gasteiger partial charge on any atom is 1.00 e. The van der Waals surface area contributed by atoms with Crippen LogP contribution in [0.1, 0.15) is 12.5 Å². The molecule has 0 saturated carbocycles. The standard InChI is InChI=1S/C13H18N4O4S.Na/c1-8(2)13(18)14-12-9(3)6-10(7-11(12)17(4)5)15-16-22(19,20)21;/h6-7H,1H2,2-5H3,(H,14,18)(H,19,20,21);/q;+1/p-1. The minimum atomic E-state index is -4.80. The van der Waals surface area contributed by atoms with Gasteiger partial charge in [0.25, 0.3) is 5.91 Å². The Morgan fingerprint density at radius 3 is 2.35 bits per heavy atom. The van der Waals surface area contributed by atoms with Crippen LogP contribution in [0.15, 0.2) is 33.9 Å². The summed E-state index contributed by atoms with van der Waals surface area (Å²) in [5.41, 5.74) is 2.31. The molecule has 0 aliphatic rings. The van der Waals surface area contributed by atoms with E-state index in [2.05, 4.69) is 21.5 Å². The molecule has 1 rings (SSSR count). The number of carbonyl (C=O) groups excluding carboxylic acids is 1. The maximum absolute atomic E-state index is 11.8. The molecular weight excluding hydrogens is 331 g/mol. The average Bonchev–Trinajstić information content (AvgIpc) is 2.37. The Kier molecular flexibility index (Phi) is 8.08. The van der Waals surface area contributed by atoms with E-state index in [1.807, 2.05) is 0 Å². The van der Waals surface area contributed by atoms with Gasteiger partial charge in [0, 0.05) is 19.7 Å². The van der Waals surface area contributed by atoms with Gasteiger partial charge in [0.15, 0.2) is 0 Å². The number of anilines is 2. The first-order valence-electron chi connectivity index (χ1n) is 6.19. The predicted octanol–water partition coefficient (Wildman–Crippen LogP) is -0.876. The second kappa shape index (κ2) is 8.55. The molecule has 0 atom stereocenters. The SMILES string of the molecule is C=C(C)C(=O)Nc1c(C)cc(N=NS(=O)(=O)[O-])cc1N(C)C.[Na+]. The Balaban J connectivity index is 0.00000484. The van der Waals surface area contributed by atoms with E-state index in [0.29, 0.717) is 22.5 Å². The van der Waals surface area contributed by atoms with Crippen LogP contribution >= 0.6 is 0 Å². The minimum Gasteiger partial charge on any atom is -0.728 e. The first-order valence-corrected chi connectivity index (χ1v) is 7.55.